The summed E-state index contributed by atoms with van der Waals surface area (Å²) in [5.41, 5.74) is 8.57. The van der Waals surface area contributed by atoms with E-state index < -0.39 is 0 Å². The summed E-state index contributed by atoms with van der Waals surface area (Å²) in [5, 5.41) is 4.61. The van der Waals surface area contributed by atoms with Crippen LogP contribution in [0.1, 0.15) is 0 Å². The molecule has 0 atom stereocenters. The monoisotopic (exact) mass is 600 g/mol. The minimum Gasteiger partial charge on any atom is -0.277 e. The normalized spacial score (nSPS) is 11.4. The van der Waals surface area contributed by atoms with E-state index in [1.165, 1.54) is 10.9 Å². The Labute approximate surface area is 272 Å². The van der Waals surface area contributed by atoms with E-state index in [-0.39, 0.29) is 0 Å². The van der Waals surface area contributed by atoms with Crippen molar-refractivity contribution in [1.82, 2.24) is 19.5 Å². The number of benzene rings is 7. The van der Waals surface area contributed by atoms with E-state index in [1.54, 1.807) is 0 Å². The molecule has 7 aromatic carbocycles. The Kier molecular flexibility index (Phi) is 6.43. The van der Waals surface area contributed by atoms with Gasteiger partial charge >= 0.3 is 0 Å². The number of fused-ring (bicyclic) bond motifs is 4. The molecule has 47 heavy (non-hydrogen) atoms. The summed E-state index contributed by atoms with van der Waals surface area (Å²) in [7, 11) is 0. The van der Waals surface area contributed by atoms with E-state index in [4.69, 9.17) is 15.0 Å². The molecule has 0 amide bonds. The van der Waals surface area contributed by atoms with Gasteiger partial charge in [0.25, 0.3) is 0 Å². The lowest BCUT2D eigenvalue weighted by Crippen LogP contribution is -2.07. The van der Waals surface area contributed by atoms with Crippen LogP contribution in [0.15, 0.2) is 170 Å². The van der Waals surface area contributed by atoms with Gasteiger partial charge in [-0.25, -0.2) is 4.98 Å². The summed E-state index contributed by atoms with van der Waals surface area (Å²) in [6.45, 7) is 0. The summed E-state index contributed by atoms with van der Waals surface area (Å²) >= 11 is 0. The van der Waals surface area contributed by atoms with Crippen LogP contribution in [0.4, 0.5) is 0 Å². The number of rotatable bonds is 5. The molecule has 0 unspecified atom stereocenters. The second-order valence-electron chi connectivity index (χ2n) is 11.7. The lowest BCUT2D eigenvalue weighted by molar-refractivity contribution is 0.954. The molecule has 4 nitrogen and oxygen atoms in total. The third kappa shape index (κ3) is 4.75. The average molecular weight is 601 g/mol. The first kappa shape index (κ1) is 27.0. The predicted octanol–water partition coefficient (Wildman–Crippen LogP) is 10.8. The maximum Gasteiger partial charge on any atom is 0.238 e. The highest BCUT2D eigenvalue weighted by Crippen LogP contribution is 2.41. The van der Waals surface area contributed by atoms with Gasteiger partial charge in [-0.15, -0.1) is 0 Å². The number of aromatic nitrogens is 4. The molecule has 0 saturated heterocycles. The van der Waals surface area contributed by atoms with Crippen LogP contribution in [0.25, 0.3) is 83.6 Å². The molecule has 9 rings (SSSR count). The molecule has 0 spiro atoms. The van der Waals surface area contributed by atoms with Crippen molar-refractivity contribution in [3.63, 3.8) is 0 Å². The van der Waals surface area contributed by atoms with Crippen molar-refractivity contribution in [1.29, 1.82) is 0 Å². The molecule has 0 aliphatic heterocycles. The fraction of sp³-hybridized carbons (Fsp3) is 0. The smallest absolute Gasteiger partial charge is 0.238 e. The Morgan fingerprint density at radius 3 is 1.70 bits per heavy atom. The van der Waals surface area contributed by atoms with Crippen LogP contribution in [0.2, 0.25) is 0 Å². The van der Waals surface area contributed by atoms with Gasteiger partial charge in [0.15, 0.2) is 11.6 Å². The van der Waals surface area contributed by atoms with E-state index in [0.29, 0.717) is 17.6 Å². The van der Waals surface area contributed by atoms with Crippen molar-refractivity contribution < 1.29 is 0 Å². The Morgan fingerprint density at radius 1 is 0.362 bits per heavy atom. The van der Waals surface area contributed by atoms with Crippen molar-refractivity contribution in [2.24, 2.45) is 0 Å². The van der Waals surface area contributed by atoms with Crippen molar-refractivity contribution >= 4 is 32.6 Å². The molecular weight excluding hydrogens is 573 g/mol. The van der Waals surface area contributed by atoms with Crippen molar-refractivity contribution in [3.05, 3.63) is 170 Å². The molecule has 2 aromatic heterocycles. The molecule has 2 heterocycles. The minimum absolute atomic E-state index is 0.581. The van der Waals surface area contributed by atoms with Crippen LogP contribution < -0.4 is 0 Å². The fourth-order valence-corrected chi connectivity index (χ4v) is 6.58. The molecule has 0 aliphatic rings. The number of hydrogen-bond donors (Lipinski definition) is 0. The molecule has 0 N–H and O–H groups in total. The van der Waals surface area contributed by atoms with Crippen LogP contribution >= 0.6 is 0 Å². The van der Waals surface area contributed by atoms with E-state index in [9.17, 15) is 0 Å². The van der Waals surface area contributed by atoms with Gasteiger partial charge in [0, 0.05) is 27.5 Å². The van der Waals surface area contributed by atoms with Gasteiger partial charge < -0.3 is 0 Å². The minimum atomic E-state index is 0.581. The van der Waals surface area contributed by atoms with Gasteiger partial charge in [-0.05, 0) is 51.7 Å². The van der Waals surface area contributed by atoms with Crippen LogP contribution in [-0.4, -0.2) is 19.5 Å². The zero-order chi connectivity index (χ0) is 31.2. The van der Waals surface area contributed by atoms with Crippen molar-refractivity contribution in [3.8, 4) is 51.0 Å². The van der Waals surface area contributed by atoms with E-state index in [2.05, 4.69) is 156 Å². The number of hydrogen-bond acceptors (Lipinski definition) is 3. The number of para-hydroxylation sites is 1. The molecular formula is C43H28N4. The highest BCUT2D eigenvalue weighted by molar-refractivity contribution is 6.15. The zero-order valence-corrected chi connectivity index (χ0v) is 25.5. The second-order valence-corrected chi connectivity index (χ2v) is 11.7. The summed E-state index contributed by atoms with van der Waals surface area (Å²) in [6, 6.07) is 59.3. The molecule has 0 bridgehead atoms. The standard InChI is InChI=1S/C43H28N4/c1-4-14-29(15-5-1)35-27-37(31-17-6-2-7-18-31)40-38(28-35)36-22-12-13-23-39(36)47(40)43-45-41(32-19-8-3-9-20-32)44-42(46-43)34-25-24-30-16-10-11-21-33(30)26-34/h1-28H. The predicted molar refractivity (Wildman–Crippen MR) is 193 cm³/mol. The second kappa shape index (κ2) is 11.2. The summed E-state index contributed by atoms with van der Waals surface area (Å²) in [4.78, 5) is 15.5. The first-order valence-corrected chi connectivity index (χ1v) is 15.8. The first-order chi connectivity index (χ1) is 23.3. The maximum atomic E-state index is 5.23. The van der Waals surface area contributed by atoms with Gasteiger partial charge in [-0.3, -0.25) is 4.57 Å². The van der Waals surface area contributed by atoms with Gasteiger partial charge in [0.05, 0.1) is 11.0 Å². The Bertz CT molecular complexity index is 2550. The zero-order valence-electron chi connectivity index (χ0n) is 25.5. The Hall–Kier alpha value is -6.39. The molecule has 220 valence electrons. The first-order valence-electron chi connectivity index (χ1n) is 15.8. The molecule has 9 aromatic rings. The lowest BCUT2D eigenvalue weighted by Gasteiger charge is -2.14. The largest absolute Gasteiger partial charge is 0.277 e. The molecule has 0 saturated carbocycles. The third-order valence-corrected chi connectivity index (χ3v) is 8.82. The highest BCUT2D eigenvalue weighted by Gasteiger charge is 2.21. The molecule has 0 fully saturated rings. The van der Waals surface area contributed by atoms with Crippen molar-refractivity contribution in [2.75, 3.05) is 0 Å². The van der Waals surface area contributed by atoms with Crippen LogP contribution in [0.5, 0.6) is 0 Å². The van der Waals surface area contributed by atoms with Gasteiger partial charge in [-0.2, -0.15) is 9.97 Å². The van der Waals surface area contributed by atoms with Crippen molar-refractivity contribution in [2.45, 2.75) is 0 Å². The highest BCUT2D eigenvalue weighted by atomic mass is 15.2. The van der Waals surface area contributed by atoms with Crippen LogP contribution in [0.3, 0.4) is 0 Å². The van der Waals surface area contributed by atoms with Crippen LogP contribution in [-0.2, 0) is 0 Å². The summed E-state index contributed by atoms with van der Waals surface area (Å²) in [5.74, 6) is 1.84. The molecule has 0 aliphatic carbocycles. The van der Waals surface area contributed by atoms with E-state index >= 15 is 0 Å². The lowest BCUT2D eigenvalue weighted by atomic mass is 9.95. The van der Waals surface area contributed by atoms with E-state index in [0.717, 1.165) is 55.0 Å². The molecule has 4 heteroatoms. The SMILES string of the molecule is c1ccc(-c2cc(-c3ccccc3)c3c(c2)c2ccccc2n3-c2nc(-c3ccccc3)nc(-c3ccc4ccccc4c3)n2)cc1. The molecule has 0 radical (unpaired) electrons. The quantitative estimate of drug-likeness (QED) is 0.197. The van der Waals surface area contributed by atoms with Crippen LogP contribution in [0, 0.1) is 0 Å². The van der Waals surface area contributed by atoms with Gasteiger partial charge in [0.2, 0.25) is 5.95 Å². The maximum absolute atomic E-state index is 5.23. The topological polar surface area (TPSA) is 43.6 Å². The van der Waals surface area contributed by atoms with Gasteiger partial charge in [-0.1, -0.05) is 146 Å². The van der Waals surface area contributed by atoms with Gasteiger partial charge in [0.1, 0.15) is 0 Å². The Balaban J connectivity index is 1.38. The number of nitrogens with zero attached hydrogens (tertiary/aromatic N) is 4. The Morgan fingerprint density at radius 2 is 0.957 bits per heavy atom. The summed E-state index contributed by atoms with van der Waals surface area (Å²) in [6.07, 6.45) is 0. The van der Waals surface area contributed by atoms with E-state index in [1.807, 2.05) is 18.2 Å². The average Bonchev–Trinajstić information content (AvgIpc) is 3.49. The third-order valence-electron chi connectivity index (χ3n) is 8.82. The fourth-order valence-electron chi connectivity index (χ4n) is 6.58. The summed E-state index contributed by atoms with van der Waals surface area (Å²) < 4.78 is 2.22.